The van der Waals surface area contributed by atoms with Crippen LogP contribution in [-0.4, -0.2) is 9.73 Å². The van der Waals surface area contributed by atoms with Crippen molar-refractivity contribution < 1.29 is 0 Å². The second kappa shape index (κ2) is 4.32. The van der Waals surface area contributed by atoms with E-state index in [2.05, 4.69) is 31.8 Å². The molecule has 2 N–H and O–H groups in total. The van der Waals surface area contributed by atoms with E-state index < -0.39 is 0 Å². The summed E-state index contributed by atoms with van der Waals surface area (Å²) in [6, 6.07) is 4.07. The lowest BCUT2D eigenvalue weighted by molar-refractivity contribution is 0.794. The number of hydrogen-bond donors (Lipinski definition) is 1. The maximum absolute atomic E-state index is 5.67. The van der Waals surface area contributed by atoms with Crippen LogP contribution in [0.25, 0.3) is 0 Å². The summed E-state index contributed by atoms with van der Waals surface area (Å²) in [6.45, 7) is 9.12. The Morgan fingerprint density at radius 1 is 1.36 bits per heavy atom. The van der Waals surface area contributed by atoms with Crippen LogP contribution in [0.15, 0.2) is 17.2 Å². The number of nitrogens with zero attached hydrogens (tertiary/aromatic N) is 1. The van der Waals surface area contributed by atoms with Gasteiger partial charge in [0.15, 0.2) is 0 Å². The van der Waals surface area contributed by atoms with E-state index in [1.165, 1.54) is 0 Å². The summed E-state index contributed by atoms with van der Waals surface area (Å²) in [7, 11) is 0. The number of rotatable bonds is 2. The second-order valence-corrected chi connectivity index (χ2v) is 6.15. The normalized spacial score (nSPS) is 11.8. The fourth-order valence-electron chi connectivity index (χ4n) is 1.10. The molecule has 1 aromatic heterocycles. The SMILES string of the molecule is Cc1ccc(CN)c(SC(C)(C)C)n1. The zero-order chi connectivity index (χ0) is 10.8. The summed E-state index contributed by atoms with van der Waals surface area (Å²) in [5, 5.41) is 1.07. The highest BCUT2D eigenvalue weighted by Gasteiger charge is 2.15. The Hall–Kier alpha value is -0.540. The van der Waals surface area contributed by atoms with Gasteiger partial charge in [-0.3, -0.25) is 0 Å². The van der Waals surface area contributed by atoms with Gasteiger partial charge in [0.05, 0.1) is 0 Å². The Morgan fingerprint density at radius 2 is 2.00 bits per heavy atom. The lowest BCUT2D eigenvalue weighted by Gasteiger charge is -2.18. The van der Waals surface area contributed by atoms with Gasteiger partial charge in [-0.15, -0.1) is 11.8 Å². The van der Waals surface area contributed by atoms with E-state index in [1.54, 1.807) is 11.8 Å². The van der Waals surface area contributed by atoms with Crippen molar-refractivity contribution in [3.63, 3.8) is 0 Å². The van der Waals surface area contributed by atoms with Gasteiger partial charge in [0.25, 0.3) is 0 Å². The van der Waals surface area contributed by atoms with Crippen molar-refractivity contribution in [2.45, 2.75) is 44.0 Å². The first kappa shape index (κ1) is 11.5. The van der Waals surface area contributed by atoms with Crippen LogP contribution in [-0.2, 0) is 6.54 Å². The second-order valence-electron chi connectivity index (χ2n) is 4.34. The molecule has 0 aliphatic heterocycles. The topological polar surface area (TPSA) is 38.9 Å². The van der Waals surface area contributed by atoms with Gasteiger partial charge in [0, 0.05) is 17.0 Å². The van der Waals surface area contributed by atoms with Crippen LogP contribution in [0.3, 0.4) is 0 Å². The third kappa shape index (κ3) is 3.31. The van der Waals surface area contributed by atoms with Crippen LogP contribution in [0.4, 0.5) is 0 Å². The molecule has 78 valence electrons. The number of aryl methyl sites for hydroxylation is 1. The quantitative estimate of drug-likeness (QED) is 0.763. The fourth-order valence-corrected chi connectivity index (χ4v) is 2.15. The molecule has 1 heterocycles. The van der Waals surface area contributed by atoms with Gasteiger partial charge in [-0.05, 0) is 18.6 Å². The van der Waals surface area contributed by atoms with Crippen LogP contribution in [0.2, 0.25) is 0 Å². The van der Waals surface area contributed by atoms with Crippen LogP contribution in [0.5, 0.6) is 0 Å². The molecule has 0 aromatic carbocycles. The number of hydrogen-bond acceptors (Lipinski definition) is 3. The van der Waals surface area contributed by atoms with Crippen molar-refractivity contribution in [2.75, 3.05) is 0 Å². The predicted molar refractivity (Wildman–Crippen MR) is 62.5 cm³/mol. The summed E-state index contributed by atoms with van der Waals surface area (Å²) >= 11 is 1.77. The molecule has 1 rings (SSSR count). The highest BCUT2D eigenvalue weighted by Crippen LogP contribution is 2.32. The van der Waals surface area contributed by atoms with E-state index in [0.29, 0.717) is 6.54 Å². The largest absolute Gasteiger partial charge is 0.326 e. The molecular weight excluding hydrogens is 192 g/mol. The molecule has 14 heavy (non-hydrogen) atoms. The first-order chi connectivity index (χ1) is 6.42. The highest BCUT2D eigenvalue weighted by molar-refractivity contribution is 8.00. The highest BCUT2D eigenvalue weighted by atomic mass is 32.2. The number of pyridine rings is 1. The van der Waals surface area contributed by atoms with Gasteiger partial charge in [0.1, 0.15) is 5.03 Å². The van der Waals surface area contributed by atoms with Crippen LogP contribution in [0, 0.1) is 6.92 Å². The minimum atomic E-state index is 0.185. The minimum Gasteiger partial charge on any atom is -0.326 e. The standard InChI is InChI=1S/C11H18N2S/c1-8-5-6-9(7-12)10(13-8)14-11(2,3)4/h5-6H,7,12H2,1-4H3. The van der Waals surface area contributed by atoms with Crippen molar-refractivity contribution >= 4 is 11.8 Å². The molecule has 3 heteroatoms. The number of thioether (sulfide) groups is 1. The average Bonchev–Trinajstić information content (AvgIpc) is 2.01. The summed E-state index contributed by atoms with van der Waals surface area (Å²) in [5.41, 5.74) is 7.85. The Bertz CT molecular complexity index is 316. The first-order valence-corrected chi connectivity index (χ1v) is 5.59. The van der Waals surface area contributed by atoms with E-state index in [4.69, 9.17) is 5.73 Å². The van der Waals surface area contributed by atoms with E-state index in [1.807, 2.05) is 13.0 Å². The molecule has 0 atom stereocenters. The van der Waals surface area contributed by atoms with E-state index in [9.17, 15) is 0 Å². The molecule has 0 spiro atoms. The van der Waals surface area contributed by atoms with Crippen molar-refractivity contribution in [3.05, 3.63) is 23.4 Å². The van der Waals surface area contributed by atoms with Gasteiger partial charge in [-0.2, -0.15) is 0 Å². The predicted octanol–water partition coefficient (Wildman–Crippen LogP) is 2.74. The van der Waals surface area contributed by atoms with Crippen molar-refractivity contribution in [1.29, 1.82) is 0 Å². The summed E-state index contributed by atoms with van der Waals surface area (Å²) in [5.74, 6) is 0. The van der Waals surface area contributed by atoms with Gasteiger partial charge >= 0.3 is 0 Å². The van der Waals surface area contributed by atoms with Crippen molar-refractivity contribution in [2.24, 2.45) is 5.73 Å². The lowest BCUT2D eigenvalue weighted by Crippen LogP contribution is -2.10. The van der Waals surface area contributed by atoms with Gasteiger partial charge in [-0.25, -0.2) is 4.98 Å². The molecule has 0 bridgehead atoms. The monoisotopic (exact) mass is 210 g/mol. The first-order valence-electron chi connectivity index (χ1n) is 4.78. The Kier molecular flexibility index (Phi) is 3.56. The van der Waals surface area contributed by atoms with E-state index in [-0.39, 0.29) is 4.75 Å². The Balaban J connectivity index is 2.99. The van der Waals surface area contributed by atoms with E-state index >= 15 is 0 Å². The Morgan fingerprint density at radius 3 is 2.50 bits per heavy atom. The molecule has 1 aromatic rings. The maximum Gasteiger partial charge on any atom is 0.101 e. The average molecular weight is 210 g/mol. The summed E-state index contributed by atoms with van der Waals surface area (Å²) in [6.07, 6.45) is 0. The third-order valence-corrected chi connectivity index (χ3v) is 2.86. The molecule has 0 aliphatic carbocycles. The van der Waals surface area contributed by atoms with Crippen molar-refractivity contribution in [3.8, 4) is 0 Å². The van der Waals surface area contributed by atoms with Gasteiger partial charge in [0.2, 0.25) is 0 Å². The van der Waals surface area contributed by atoms with Gasteiger partial charge < -0.3 is 5.73 Å². The fraction of sp³-hybridized carbons (Fsp3) is 0.545. The Labute approximate surface area is 90.3 Å². The molecule has 2 nitrogen and oxygen atoms in total. The molecule has 0 aliphatic rings. The number of nitrogens with two attached hydrogens (primary N) is 1. The third-order valence-electron chi connectivity index (χ3n) is 1.70. The lowest BCUT2D eigenvalue weighted by atomic mass is 10.2. The molecule has 0 radical (unpaired) electrons. The maximum atomic E-state index is 5.67. The molecule has 0 fully saturated rings. The molecule has 0 unspecified atom stereocenters. The van der Waals surface area contributed by atoms with Crippen LogP contribution < -0.4 is 5.73 Å². The summed E-state index contributed by atoms with van der Waals surface area (Å²) in [4.78, 5) is 4.51. The summed E-state index contributed by atoms with van der Waals surface area (Å²) < 4.78 is 0.185. The van der Waals surface area contributed by atoms with Crippen molar-refractivity contribution in [1.82, 2.24) is 4.98 Å². The molecular formula is C11H18N2S. The number of aromatic nitrogens is 1. The molecule has 0 amide bonds. The van der Waals surface area contributed by atoms with E-state index in [0.717, 1.165) is 16.3 Å². The van der Waals surface area contributed by atoms with Crippen LogP contribution >= 0.6 is 11.8 Å². The van der Waals surface area contributed by atoms with Crippen LogP contribution in [0.1, 0.15) is 32.0 Å². The zero-order valence-electron chi connectivity index (χ0n) is 9.29. The molecule has 0 saturated heterocycles. The molecule has 0 saturated carbocycles. The van der Waals surface area contributed by atoms with Gasteiger partial charge in [-0.1, -0.05) is 26.8 Å². The zero-order valence-corrected chi connectivity index (χ0v) is 10.1. The minimum absolute atomic E-state index is 0.185. The smallest absolute Gasteiger partial charge is 0.101 e.